The molecule has 1 amide bonds. The van der Waals surface area contributed by atoms with Crippen LogP contribution in [-0.2, 0) is 11.2 Å². The molecule has 0 heterocycles. The van der Waals surface area contributed by atoms with Gasteiger partial charge < -0.3 is 14.2 Å². The third kappa shape index (κ3) is 6.43. The number of hydrogen-bond acceptors (Lipinski definition) is 6. The second-order valence-electron chi connectivity index (χ2n) is 6.71. The number of amides is 1. The van der Waals surface area contributed by atoms with E-state index in [1.54, 1.807) is 42.5 Å². The molecule has 7 heteroatoms. The standard InChI is InChI=1S/C25H24N2O5/c1-3-31-21-12-10-20(11-13-21)25(29)32-22-14-9-19(15-23(22)30-2)17-26-27-24(28)16-18-7-5-4-6-8-18/h4-15,17H,3,16H2,1-2H3,(H,27,28)/b26-17-. The first-order chi connectivity index (χ1) is 15.6. The molecular formula is C25H24N2O5. The Bertz CT molecular complexity index is 1080. The Balaban J connectivity index is 1.60. The van der Waals surface area contributed by atoms with Gasteiger partial charge in [0.25, 0.3) is 0 Å². The summed E-state index contributed by atoms with van der Waals surface area (Å²) in [7, 11) is 1.48. The molecule has 0 aliphatic heterocycles. The summed E-state index contributed by atoms with van der Waals surface area (Å²) < 4.78 is 16.2. The number of benzene rings is 3. The number of ether oxygens (including phenoxy) is 3. The normalized spacial score (nSPS) is 10.6. The Morgan fingerprint density at radius 1 is 0.969 bits per heavy atom. The molecule has 3 aromatic rings. The van der Waals surface area contributed by atoms with Crippen LogP contribution in [0, 0.1) is 0 Å². The van der Waals surface area contributed by atoms with Crippen LogP contribution in [0.25, 0.3) is 0 Å². The molecule has 0 fully saturated rings. The molecule has 7 nitrogen and oxygen atoms in total. The summed E-state index contributed by atoms with van der Waals surface area (Å²) in [6.07, 6.45) is 1.73. The van der Waals surface area contributed by atoms with Crippen molar-refractivity contribution in [3.05, 3.63) is 89.5 Å². The van der Waals surface area contributed by atoms with E-state index >= 15 is 0 Å². The van der Waals surface area contributed by atoms with Crippen molar-refractivity contribution in [2.45, 2.75) is 13.3 Å². The van der Waals surface area contributed by atoms with Crippen molar-refractivity contribution < 1.29 is 23.8 Å². The molecule has 0 aromatic heterocycles. The average molecular weight is 432 g/mol. The molecule has 32 heavy (non-hydrogen) atoms. The predicted octanol–water partition coefficient (Wildman–Crippen LogP) is 4.01. The Labute approximate surface area is 186 Å². The van der Waals surface area contributed by atoms with Gasteiger partial charge in [0.05, 0.1) is 31.9 Å². The Kier molecular flexibility index (Phi) is 7.97. The Morgan fingerprint density at radius 2 is 1.72 bits per heavy atom. The van der Waals surface area contributed by atoms with Crippen molar-refractivity contribution in [3.8, 4) is 17.2 Å². The van der Waals surface area contributed by atoms with Gasteiger partial charge in [-0.2, -0.15) is 5.10 Å². The number of nitrogens with one attached hydrogen (secondary N) is 1. The van der Waals surface area contributed by atoms with Crippen molar-refractivity contribution >= 4 is 18.1 Å². The van der Waals surface area contributed by atoms with Crippen LogP contribution in [0.2, 0.25) is 0 Å². The molecule has 1 N–H and O–H groups in total. The summed E-state index contributed by atoms with van der Waals surface area (Å²) in [6, 6.07) is 21.1. The predicted molar refractivity (Wildman–Crippen MR) is 121 cm³/mol. The molecule has 0 unspecified atom stereocenters. The summed E-state index contributed by atoms with van der Waals surface area (Å²) in [5.41, 5.74) is 4.46. The topological polar surface area (TPSA) is 86.2 Å². The fourth-order valence-corrected chi connectivity index (χ4v) is 2.86. The Hall–Kier alpha value is -4.13. The average Bonchev–Trinajstić information content (AvgIpc) is 2.81. The lowest BCUT2D eigenvalue weighted by Gasteiger charge is -2.10. The molecule has 0 aliphatic rings. The zero-order chi connectivity index (χ0) is 22.8. The Morgan fingerprint density at radius 3 is 2.41 bits per heavy atom. The number of methoxy groups -OCH3 is 1. The number of hydrogen-bond donors (Lipinski definition) is 1. The SMILES string of the molecule is CCOc1ccc(C(=O)Oc2ccc(/C=N\NC(=O)Cc3ccccc3)cc2OC)cc1. The van der Waals surface area contributed by atoms with Gasteiger partial charge in [-0.25, -0.2) is 10.2 Å². The lowest BCUT2D eigenvalue weighted by atomic mass is 10.1. The van der Waals surface area contributed by atoms with Crippen LogP contribution < -0.4 is 19.6 Å². The zero-order valence-corrected chi connectivity index (χ0v) is 17.9. The minimum Gasteiger partial charge on any atom is -0.494 e. The van der Waals surface area contributed by atoms with Gasteiger partial charge >= 0.3 is 5.97 Å². The highest BCUT2D eigenvalue weighted by molar-refractivity contribution is 5.92. The van der Waals surface area contributed by atoms with Crippen LogP contribution in [0.15, 0.2) is 77.9 Å². The second kappa shape index (κ2) is 11.3. The van der Waals surface area contributed by atoms with E-state index in [9.17, 15) is 9.59 Å². The van der Waals surface area contributed by atoms with Crippen LogP contribution in [0.3, 0.4) is 0 Å². The fraction of sp³-hybridized carbons (Fsp3) is 0.160. The zero-order valence-electron chi connectivity index (χ0n) is 17.9. The van der Waals surface area contributed by atoms with Gasteiger partial charge in [0, 0.05) is 0 Å². The van der Waals surface area contributed by atoms with Gasteiger partial charge in [-0.1, -0.05) is 30.3 Å². The van der Waals surface area contributed by atoms with E-state index in [-0.39, 0.29) is 18.1 Å². The monoisotopic (exact) mass is 432 g/mol. The van der Waals surface area contributed by atoms with E-state index in [0.717, 1.165) is 5.56 Å². The van der Waals surface area contributed by atoms with Crippen LogP contribution in [0.5, 0.6) is 17.2 Å². The minimum atomic E-state index is -0.513. The molecular weight excluding hydrogens is 408 g/mol. The third-order valence-electron chi connectivity index (χ3n) is 4.40. The summed E-state index contributed by atoms with van der Waals surface area (Å²) >= 11 is 0. The van der Waals surface area contributed by atoms with Crippen LogP contribution >= 0.6 is 0 Å². The number of rotatable bonds is 9. The van der Waals surface area contributed by atoms with Crippen molar-refractivity contribution in [2.24, 2.45) is 5.10 Å². The fourth-order valence-electron chi connectivity index (χ4n) is 2.86. The maximum Gasteiger partial charge on any atom is 0.343 e. The van der Waals surface area contributed by atoms with E-state index in [4.69, 9.17) is 14.2 Å². The molecule has 0 spiro atoms. The maximum absolute atomic E-state index is 12.4. The molecule has 3 aromatic carbocycles. The quantitative estimate of drug-likeness (QED) is 0.239. The minimum absolute atomic E-state index is 0.222. The van der Waals surface area contributed by atoms with Gasteiger partial charge in [0.1, 0.15) is 5.75 Å². The number of nitrogens with zero attached hydrogens (tertiary/aromatic N) is 1. The summed E-state index contributed by atoms with van der Waals surface area (Å²) in [6.45, 7) is 2.44. The maximum atomic E-state index is 12.4. The molecule has 0 saturated heterocycles. The lowest BCUT2D eigenvalue weighted by molar-refractivity contribution is -0.120. The van der Waals surface area contributed by atoms with Gasteiger partial charge in [-0.05, 0) is 60.5 Å². The molecule has 0 saturated carbocycles. The first-order valence-corrected chi connectivity index (χ1v) is 10.1. The number of carbonyl (C=O) groups is 2. The van der Waals surface area contributed by atoms with Crippen molar-refractivity contribution in [3.63, 3.8) is 0 Å². The van der Waals surface area contributed by atoms with E-state index in [1.807, 2.05) is 37.3 Å². The van der Waals surface area contributed by atoms with E-state index < -0.39 is 5.97 Å². The third-order valence-corrected chi connectivity index (χ3v) is 4.40. The highest BCUT2D eigenvalue weighted by Crippen LogP contribution is 2.28. The second-order valence-corrected chi connectivity index (χ2v) is 6.71. The largest absolute Gasteiger partial charge is 0.494 e. The summed E-state index contributed by atoms with van der Waals surface area (Å²) in [4.78, 5) is 24.4. The molecule has 0 radical (unpaired) electrons. The van der Waals surface area contributed by atoms with Crippen molar-refractivity contribution in [2.75, 3.05) is 13.7 Å². The number of hydrazone groups is 1. The van der Waals surface area contributed by atoms with Gasteiger partial charge in [0.15, 0.2) is 11.5 Å². The van der Waals surface area contributed by atoms with Crippen LogP contribution in [0.1, 0.15) is 28.4 Å². The highest BCUT2D eigenvalue weighted by Gasteiger charge is 2.13. The van der Waals surface area contributed by atoms with E-state index in [2.05, 4.69) is 10.5 Å². The van der Waals surface area contributed by atoms with E-state index in [0.29, 0.717) is 29.2 Å². The first kappa shape index (κ1) is 22.6. The smallest absolute Gasteiger partial charge is 0.343 e. The van der Waals surface area contributed by atoms with E-state index in [1.165, 1.54) is 13.3 Å². The lowest BCUT2D eigenvalue weighted by Crippen LogP contribution is -2.19. The summed E-state index contributed by atoms with van der Waals surface area (Å²) in [5, 5.41) is 3.97. The van der Waals surface area contributed by atoms with Gasteiger partial charge in [-0.3, -0.25) is 4.79 Å². The summed E-state index contributed by atoms with van der Waals surface area (Å²) in [5.74, 6) is 0.586. The van der Waals surface area contributed by atoms with Gasteiger partial charge in [-0.15, -0.1) is 0 Å². The molecule has 0 aliphatic carbocycles. The van der Waals surface area contributed by atoms with Crippen LogP contribution in [0.4, 0.5) is 0 Å². The highest BCUT2D eigenvalue weighted by atomic mass is 16.6. The molecule has 3 rings (SSSR count). The molecule has 164 valence electrons. The molecule has 0 bridgehead atoms. The van der Waals surface area contributed by atoms with Gasteiger partial charge in [0.2, 0.25) is 5.91 Å². The first-order valence-electron chi connectivity index (χ1n) is 10.1. The number of carbonyl (C=O) groups excluding carboxylic acids is 2. The molecule has 0 atom stereocenters. The van der Waals surface area contributed by atoms with Crippen molar-refractivity contribution in [1.29, 1.82) is 0 Å². The van der Waals surface area contributed by atoms with Crippen LogP contribution in [-0.4, -0.2) is 31.8 Å². The number of esters is 1. The van der Waals surface area contributed by atoms with Crippen molar-refractivity contribution in [1.82, 2.24) is 5.43 Å².